The Bertz CT molecular complexity index is 462. The number of aliphatic imine (C=N–C) groups is 1. The van der Waals surface area contributed by atoms with E-state index < -0.39 is 6.55 Å². The molecular weight excluding hydrogens is 403 g/mol. The molecule has 1 rings (SSSR count). The van der Waals surface area contributed by atoms with Gasteiger partial charge in [0.2, 0.25) is 0 Å². The van der Waals surface area contributed by atoms with Crippen molar-refractivity contribution in [3.63, 3.8) is 0 Å². The minimum Gasteiger partial charge on any atom is -0.357 e. The third-order valence-electron chi connectivity index (χ3n) is 2.93. The molecule has 0 aromatic carbocycles. The molecule has 8 heteroatoms. The summed E-state index contributed by atoms with van der Waals surface area (Å²) in [7, 11) is 1.92. The van der Waals surface area contributed by atoms with Gasteiger partial charge in [-0.2, -0.15) is 8.78 Å². The Hall–Kier alpha value is -1.19. The Morgan fingerprint density at radius 3 is 2.91 bits per heavy atom. The van der Waals surface area contributed by atoms with Crippen molar-refractivity contribution >= 4 is 29.9 Å². The monoisotopic (exact) mass is 427 g/mol. The first-order chi connectivity index (χ1) is 10.1. The second kappa shape index (κ2) is 11.4. The van der Waals surface area contributed by atoms with Crippen molar-refractivity contribution in [2.75, 3.05) is 20.1 Å². The van der Waals surface area contributed by atoms with Crippen molar-refractivity contribution in [3.05, 3.63) is 30.9 Å². The van der Waals surface area contributed by atoms with Crippen molar-refractivity contribution in [1.29, 1.82) is 0 Å². The number of hydrogen-bond donors (Lipinski definition) is 1. The number of aromatic nitrogens is 2. The molecule has 0 saturated carbocycles. The van der Waals surface area contributed by atoms with Crippen molar-refractivity contribution in [2.45, 2.75) is 32.9 Å². The van der Waals surface area contributed by atoms with Gasteiger partial charge in [0.1, 0.15) is 12.4 Å². The Balaban J connectivity index is 0.00000441. The van der Waals surface area contributed by atoms with Crippen LogP contribution in [0.15, 0.2) is 30.0 Å². The molecule has 0 aliphatic rings. The number of allylic oxidation sites excluding steroid dienone is 1. The van der Waals surface area contributed by atoms with Crippen LogP contribution < -0.4 is 5.32 Å². The molecule has 22 heavy (non-hydrogen) atoms. The van der Waals surface area contributed by atoms with Crippen LogP contribution in [-0.4, -0.2) is 40.5 Å². The summed E-state index contributed by atoms with van der Waals surface area (Å²) >= 11 is 0. The molecule has 126 valence electrons. The summed E-state index contributed by atoms with van der Waals surface area (Å²) in [6.45, 7) is 4.72. The lowest BCUT2D eigenvalue weighted by atomic mass is 10.3. The number of imidazole rings is 1. The van der Waals surface area contributed by atoms with Gasteiger partial charge in [-0.25, -0.2) is 9.98 Å². The minimum atomic E-state index is -2.59. The fraction of sp³-hybridized carbons (Fsp3) is 0.571. The van der Waals surface area contributed by atoms with Gasteiger partial charge in [-0.1, -0.05) is 6.08 Å². The highest BCUT2D eigenvalue weighted by Crippen LogP contribution is 2.13. The fourth-order valence-electron chi connectivity index (χ4n) is 1.84. The molecule has 0 spiro atoms. The molecule has 0 amide bonds. The summed E-state index contributed by atoms with van der Waals surface area (Å²) in [6.07, 6.45) is 6.39. The molecule has 1 aromatic rings. The normalized spacial score (nSPS) is 11.2. The third kappa shape index (κ3) is 6.71. The molecule has 0 atom stereocenters. The maximum Gasteiger partial charge on any atom is 0.319 e. The highest BCUT2D eigenvalue weighted by Gasteiger charge is 2.11. The fourth-order valence-corrected chi connectivity index (χ4v) is 1.84. The van der Waals surface area contributed by atoms with Crippen LogP contribution in [0.4, 0.5) is 8.78 Å². The van der Waals surface area contributed by atoms with Crippen LogP contribution in [0.2, 0.25) is 0 Å². The second-order valence-corrected chi connectivity index (χ2v) is 4.55. The zero-order valence-electron chi connectivity index (χ0n) is 13.0. The van der Waals surface area contributed by atoms with Gasteiger partial charge in [-0.15, -0.1) is 30.6 Å². The second-order valence-electron chi connectivity index (χ2n) is 4.55. The number of guanidine groups is 1. The predicted octanol–water partition coefficient (Wildman–Crippen LogP) is 3.26. The van der Waals surface area contributed by atoms with Gasteiger partial charge < -0.3 is 10.2 Å². The summed E-state index contributed by atoms with van der Waals surface area (Å²) in [6, 6.07) is 0. The molecule has 0 fully saturated rings. The maximum absolute atomic E-state index is 12.7. The number of nitrogens with zero attached hydrogens (tertiary/aromatic N) is 4. The number of alkyl halides is 2. The summed E-state index contributed by atoms with van der Waals surface area (Å²) in [5.41, 5.74) is 0. The number of hydrogen-bond acceptors (Lipinski definition) is 2. The van der Waals surface area contributed by atoms with Crippen LogP contribution in [0.1, 0.15) is 32.1 Å². The molecule has 0 bridgehead atoms. The zero-order valence-corrected chi connectivity index (χ0v) is 15.3. The van der Waals surface area contributed by atoms with E-state index in [2.05, 4.69) is 21.9 Å². The minimum absolute atomic E-state index is 0. The van der Waals surface area contributed by atoms with Crippen LogP contribution >= 0.6 is 24.0 Å². The third-order valence-corrected chi connectivity index (χ3v) is 2.93. The number of unbranched alkanes of at least 4 members (excludes halogenated alkanes) is 1. The van der Waals surface area contributed by atoms with E-state index in [1.807, 2.05) is 24.9 Å². The van der Waals surface area contributed by atoms with Crippen molar-refractivity contribution < 1.29 is 8.78 Å². The molecule has 0 unspecified atom stereocenters. The summed E-state index contributed by atoms with van der Waals surface area (Å²) < 4.78 is 26.3. The summed E-state index contributed by atoms with van der Waals surface area (Å²) in [4.78, 5) is 10.3. The number of halogens is 3. The SMILES string of the molecule is C=CCCCN(C)C(=NCc1nccn1C(F)F)NCC.I. The lowest BCUT2D eigenvalue weighted by molar-refractivity contribution is 0.0671. The predicted molar refractivity (Wildman–Crippen MR) is 95.8 cm³/mol. The Morgan fingerprint density at radius 1 is 1.59 bits per heavy atom. The van der Waals surface area contributed by atoms with Gasteiger partial charge in [0.25, 0.3) is 0 Å². The average molecular weight is 427 g/mol. The van der Waals surface area contributed by atoms with E-state index >= 15 is 0 Å². The van der Waals surface area contributed by atoms with E-state index in [1.54, 1.807) is 0 Å². The lowest BCUT2D eigenvalue weighted by Gasteiger charge is -2.21. The Kier molecular flexibility index (Phi) is 10.8. The molecule has 0 saturated heterocycles. The Labute approximate surface area is 147 Å². The zero-order chi connectivity index (χ0) is 15.7. The van der Waals surface area contributed by atoms with Crippen LogP contribution in [0, 0.1) is 0 Å². The molecule has 1 heterocycles. The van der Waals surface area contributed by atoms with E-state index in [0.29, 0.717) is 12.5 Å². The van der Waals surface area contributed by atoms with Gasteiger partial charge >= 0.3 is 6.55 Å². The molecule has 1 aromatic heterocycles. The summed E-state index contributed by atoms with van der Waals surface area (Å²) in [5, 5.41) is 3.15. The van der Waals surface area contributed by atoms with Gasteiger partial charge in [0.15, 0.2) is 5.96 Å². The summed E-state index contributed by atoms with van der Waals surface area (Å²) in [5.74, 6) is 0.935. The maximum atomic E-state index is 12.7. The van der Waals surface area contributed by atoms with Gasteiger partial charge in [0, 0.05) is 32.5 Å². The molecule has 0 aliphatic heterocycles. The van der Waals surface area contributed by atoms with Crippen LogP contribution in [0.3, 0.4) is 0 Å². The van der Waals surface area contributed by atoms with Crippen molar-refractivity contribution in [2.24, 2.45) is 4.99 Å². The van der Waals surface area contributed by atoms with Crippen molar-refractivity contribution in [1.82, 2.24) is 19.8 Å². The van der Waals surface area contributed by atoms with E-state index in [0.717, 1.165) is 24.0 Å². The van der Waals surface area contributed by atoms with Crippen LogP contribution in [0.25, 0.3) is 0 Å². The van der Waals surface area contributed by atoms with Gasteiger partial charge in [-0.05, 0) is 19.8 Å². The van der Waals surface area contributed by atoms with Crippen LogP contribution in [0.5, 0.6) is 0 Å². The molecule has 5 nitrogen and oxygen atoms in total. The standard InChI is InChI=1S/C14H23F2N5.HI/c1-4-6-7-9-20(3)14(17-5-2)19-11-12-18-8-10-21(12)13(15)16;/h4,8,10,13H,1,5-7,9,11H2,2-3H3,(H,17,19);1H. The van der Waals surface area contributed by atoms with E-state index in [9.17, 15) is 8.78 Å². The highest BCUT2D eigenvalue weighted by molar-refractivity contribution is 14.0. The van der Waals surface area contributed by atoms with Crippen molar-refractivity contribution in [3.8, 4) is 0 Å². The highest BCUT2D eigenvalue weighted by atomic mass is 127. The smallest absolute Gasteiger partial charge is 0.319 e. The lowest BCUT2D eigenvalue weighted by Crippen LogP contribution is -2.39. The topological polar surface area (TPSA) is 45.5 Å². The molecule has 1 N–H and O–H groups in total. The molecule has 0 radical (unpaired) electrons. The molecular formula is C14H24F2IN5. The van der Waals surface area contributed by atoms with E-state index in [4.69, 9.17) is 0 Å². The van der Waals surface area contributed by atoms with Crippen LogP contribution in [-0.2, 0) is 6.54 Å². The van der Waals surface area contributed by atoms with Gasteiger partial charge in [0.05, 0.1) is 0 Å². The Morgan fingerprint density at radius 2 is 2.32 bits per heavy atom. The number of rotatable bonds is 8. The quantitative estimate of drug-likeness (QED) is 0.228. The molecule has 0 aliphatic carbocycles. The number of nitrogens with one attached hydrogen (secondary N) is 1. The van der Waals surface area contributed by atoms with Gasteiger partial charge in [-0.3, -0.25) is 4.57 Å². The first kappa shape index (κ1) is 20.8. The van der Waals surface area contributed by atoms with E-state index in [-0.39, 0.29) is 36.3 Å². The first-order valence-corrected chi connectivity index (χ1v) is 7.00. The first-order valence-electron chi connectivity index (χ1n) is 7.00. The average Bonchev–Trinajstić information content (AvgIpc) is 2.92. The largest absolute Gasteiger partial charge is 0.357 e. The van der Waals surface area contributed by atoms with E-state index in [1.165, 1.54) is 12.4 Å².